The Morgan fingerprint density at radius 3 is 2.55 bits per heavy atom. The molecule has 0 spiro atoms. The summed E-state index contributed by atoms with van der Waals surface area (Å²) in [6.45, 7) is 2.63. The maximum atomic E-state index is 13.8. The van der Waals surface area contributed by atoms with Crippen LogP contribution in [-0.2, 0) is 6.54 Å². The lowest BCUT2D eigenvalue weighted by atomic mass is 10.1. The van der Waals surface area contributed by atoms with Crippen LogP contribution in [0, 0.1) is 5.82 Å². The van der Waals surface area contributed by atoms with Gasteiger partial charge in [-0.15, -0.1) is 5.10 Å². The third kappa shape index (κ3) is 3.11. The van der Waals surface area contributed by atoms with Crippen LogP contribution in [0.2, 0.25) is 0 Å². The van der Waals surface area contributed by atoms with E-state index in [-0.39, 0.29) is 11.9 Å². The van der Waals surface area contributed by atoms with Gasteiger partial charge in [-0.05, 0) is 32.2 Å². The molecule has 2 aromatic rings. The van der Waals surface area contributed by atoms with Crippen molar-refractivity contribution in [2.45, 2.75) is 19.5 Å². The van der Waals surface area contributed by atoms with Crippen LogP contribution in [0.5, 0.6) is 0 Å². The minimum absolute atomic E-state index is 0.111. The third-order valence-electron chi connectivity index (χ3n) is 3.36. The Hall–Kier alpha value is -2.01. The van der Waals surface area contributed by atoms with E-state index in [0.717, 1.165) is 11.5 Å². The van der Waals surface area contributed by atoms with Crippen molar-refractivity contribution in [1.82, 2.24) is 15.5 Å². The molecule has 1 N–H and O–H groups in total. The van der Waals surface area contributed by atoms with E-state index >= 15 is 0 Å². The molecule has 1 atom stereocenters. The maximum absolute atomic E-state index is 13.8. The fourth-order valence-electron chi connectivity index (χ4n) is 2.04. The summed E-state index contributed by atoms with van der Waals surface area (Å²) in [5.41, 5.74) is 1.53. The molecule has 0 saturated heterocycles. The van der Waals surface area contributed by atoms with Crippen LogP contribution in [0.3, 0.4) is 0 Å². The molecular weight excluding hydrogens is 255 g/mol. The van der Waals surface area contributed by atoms with E-state index in [2.05, 4.69) is 15.5 Å². The lowest BCUT2D eigenvalue weighted by Crippen LogP contribution is -2.24. The molecule has 5 heteroatoms. The topological polar surface area (TPSA) is 41.0 Å². The van der Waals surface area contributed by atoms with Crippen molar-refractivity contribution in [3.8, 4) is 0 Å². The van der Waals surface area contributed by atoms with E-state index in [4.69, 9.17) is 0 Å². The Balaban J connectivity index is 2.18. The fourth-order valence-corrected chi connectivity index (χ4v) is 2.04. The van der Waals surface area contributed by atoms with Gasteiger partial charge in [0.05, 0.1) is 11.7 Å². The highest BCUT2D eigenvalue weighted by atomic mass is 19.1. The van der Waals surface area contributed by atoms with Gasteiger partial charge in [0, 0.05) is 19.2 Å². The Morgan fingerprint density at radius 1 is 1.20 bits per heavy atom. The summed E-state index contributed by atoms with van der Waals surface area (Å²) in [5, 5.41) is 11.4. The summed E-state index contributed by atoms with van der Waals surface area (Å²) in [6.07, 6.45) is 0. The Kier molecular flexibility index (Phi) is 4.63. The van der Waals surface area contributed by atoms with Crippen LogP contribution >= 0.6 is 0 Å². The van der Waals surface area contributed by atoms with E-state index < -0.39 is 0 Å². The van der Waals surface area contributed by atoms with E-state index in [1.54, 1.807) is 12.1 Å². The molecule has 20 heavy (non-hydrogen) atoms. The zero-order valence-electron chi connectivity index (χ0n) is 12.0. The SMILES string of the molecule is CNCc1ccc(N(C)C(C)c2ccccc2F)nn1. The molecule has 0 saturated carbocycles. The number of halogens is 1. The van der Waals surface area contributed by atoms with Crippen LogP contribution in [0.1, 0.15) is 24.2 Å². The van der Waals surface area contributed by atoms with Gasteiger partial charge >= 0.3 is 0 Å². The van der Waals surface area contributed by atoms with Gasteiger partial charge in [-0.3, -0.25) is 0 Å². The molecule has 0 bridgehead atoms. The van der Waals surface area contributed by atoms with E-state index in [0.29, 0.717) is 12.1 Å². The van der Waals surface area contributed by atoms with E-state index in [9.17, 15) is 4.39 Å². The average Bonchev–Trinajstić information content (AvgIpc) is 2.47. The normalized spacial score (nSPS) is 12.2. The Morgan fingerprint density at radius 2 is 1.95 bits per heavy atom. The summed E-state index contributed by atoms with van der Waals surface area (Å²) < 4.78 is 13.8. The maximum Gasteiger partial charge on any atom is 0.151 e. The highest BCUT2D eigenvalue weighted by molar-refractivity contribution is 5.40. The zero-order chi connectivity index (χ0) is 14.5. The minimum Gasteiger partial charge on any atom is -0.351 e. The van der Waals surface area contributed by atoms with Crippen LogP contribution in [0.4, 0.5) is 10.2 Å². The van der Waals surface area contributed by atoms with Gasteiger partial charge in [-0.2, -0.15) is 5.10 Å². The molecule has 1 aromatic carbocycles. The first-order valence-electron chi connectivity index (χ1n) is 6.58. The Labute approximate surface area is 118 Å². The number of rotatable bonds is 5. The molecule has 2 rings (SSSR count). The number of hydrogen-bond donors (Lipinski definition) is 1. The third-order valence-corrected chi connectivity index (χ3v) is 3.36. The highest BCUT2D eigenvalue weighted by Crippen LogP contribution is 2.25. The first kappa shape index (κ1) is 14.4. The number of nitrogens with one attached hydrogen (secondary N) is 1. The number of anilines is 1. The second kappa shape index (κ2) is 6.43. The van der Waals surface area contributed by atoms with Crippen LogP contribution in [0.25, 0.3) is 0 Å². The smallest absolute Gasteiger partial charge is 0.151 e. The molecule has 0 radical (unpaired) electrons. The van der Waals surface area contributed by atoms with E-state index in [1.165, 1.54) is 6.07 Å². The highest BCUT2D eigenvalue weighted by Gasteiger charge is 2.16. The second-order valence-electron chi connectivity index (χ2n) is 4.72. The summed E-state index contributed by atoms with van der Waals surface area (Å²) in [7, 11) is 3.75. The van der Waals surface area contributed by atoms with Crippen molar-refractivity contribution in [2.24, 2.45) is 0 Å². The van der Waals surface area contributed by atoms with Crippen molar-refractivity contribution in [1.29, 1.82) is 0 Å². The van der Waals surface area contributed by atoms with Gasteiger partial charge in [0.15, 0.2) is 5.82 Å². The lowest BCUT2D eigenvalue weighted by molar-refractivity contribution is 0.583. The molecule has 0 amide bonds. The number of benzene rings is 1. The molecule has 1 aromatic heterocycles. The summed E-state index contributed by atoms with van der Waals surface area (Å²) in [4.78, 5) is 1.91. The second-order valence-corrected chi connectivity index (χ2v) is 4.72. The van der Waals surface area contributed by atoms with Gasteiger partial charge in [0.25, 0.3) is 0 Å². The first-order valence-corrected chi connectivity index (χ1v) is 6.58. The fraction of sp³-hybridized carbons (Fsp3) is 0.333. The lowest BCUT2D eigenvalue weighted by Gasteiger charge is -2.26. The molecule has 4 nitrogen and oxygen atoms in total. The summed E-state index contributed by atoms with van der Waals surface area (Å²) in [5.74, 6) is 0.521. The van der Waals surface area contributed by atoms with E-state index in [1.807, 2.05) is 44.1 Å². The molecular formula is C15H19FN4. The predicted molar refractivity (Wildman–Crippen MR) is 78.0 cm³/mol. The quantitative estimate of drug-likeness (QED) is 0.909. The molecule has 0 aliphatic heterocycles. The van der Waals surface area contributed by atoms with Crippen molar-refractivity contribution in [3.05, 3.63) is 53.5 Å². The largest absolute Gasteiger partial charge is 0.351 e. The van der Waals surface area contributed by atoms with Crippen LogP contribution in [0.15, 0.2) is 36.4 Å². The standard InChI is InChI=1S/C15H19FN4/c1-11(13-6-4-5-7-14(13)16)20(3)15-9-8-12(10-17-2)18-19-15/h4-9,11,17H,10H2,1-3H3. The van der Waals surface area contributed by atoms with Crippen molar-refractivity contribution < 1.29 is 4.39 Å². The predicted octanol–water partition coefficient (Wildman–Crippen LogP) is 2.53. The van der Waals surface area contributed by atoms with Gasteiger partial charge < -0.3 is 10.2 Å². The molecule has 106 valence electrons. The van der Waals surface area contributed by atoms with Gasteiger partial charge in [-0.1, -0.05) is 18.2 Å². The van der Waals surface area contributed by atoms with Gasteiger partial charge in [0.2, 0.25) is 0 Å². The monoisotopic (exact) mass is 274 g/mol. The molecule has 0 aliphatic carbocycles. The molecule has 0 fully saturated rings. The molecule has 1 unspecified atom stereocenters. The van der Waals surface area contributed by atoms with Gasteiger partial charge in [0.1, 0.15) is 5.82 Å². The van der Waals surface area contributed by atoms with Crippen LogP contribution < -0.4 is 10.2 Å². The van der Waals surface area contributed by atoms with Crippen molar-refractivity contribution in [3.63, 3.8) is 0 Å². The van der Waals surface area contributed by atoms with Crippen molar-refractivity contribution in [2.75, 3.05) is 19.0 Å². The number of aromatic nitrogens is 2. The number of nitrogens with zero attached hydrogens (tertiary/aromatic N) is 3. The van der Waals surface area contributed by atoms with Crippen molar-refractivity contribution >= 4 is 5.82 Å². The average molecular weight is 274 g/mol. The molecule has 1 heterocycles. The first-order chi connectivity index (χ1) is 9.63. The summed E-state index contributed by atoms with van der Waals surface area (Å²) in [6, 6.07) is 10.5. The zero-order valence-corrected chi connectivity index (χ0v) is 12.0. The van der Waals surface area contributed by atoms with Crippen LogP contribution in [-0.4, -0.2) is 24.3 Å². The minimum atomic E-state index is -0.202. The number of hydrogen-bond acceptors (Lipinski definition) is 4. The molecule has 0 aliphatic rings. The summed E-state index contributed by atoms with van der Waals surface area (Å²) >= 11 is 0. The van der Waals surface area contributed by atoms with Gasteiger partial charge in [-0.25, -0.2) is 4.39 Å². The Bertz CT molecular complexity index is 556.